The number of anilines is 2. The molecule has 0 amide bonds. The molecule has 0 aliphatic carbocycles. The fourth-order valence-electron chi connectivity index (χ4n) is 2.63. The van der Waals surface area contributed by atoms with Gasteiger partial charge in [0.1, 0.15) is 11.5 Å². The highest BCUT2D eigenvalue weighted by atomic mass is 35.5. The Hall–Kier alpha value is -2.21. The lowest BCUT2D eigenvalue weighted by atomic mass is 10.2. The highest BCUT2D eigenvalue weighted by molar-refractivity contribution is 6.30. The Morgan fingerprint density at radius 2 is 2.04 bits per heavy atom. The molecule has 6 nitrogen and oxygen atoms in total. The summed E-state index contributed by atoms with van der Waals surface area (Å²) in [5.41, 5.74) is 6.53. The van der Waals surface area contributed by atoms with Crippen molar-refractivity contribution in [3.8, 4) is 0 Å². The third-order valence-corrected chi connectivity index (χ3v) is 4.14. The molecule has 0 aliphatic rings. The zero-order valence-electron chi connectivity index (χ0n) is 14.0. The topological polar surface area (TPSA) is 84.1 Å². The van der Waals surface area contributed by atoms with Gasteiger partial charge in [-0.3, -0.25) is 14.3 Å². The van der Waals surface area contributed by atoms with Crippen molar-refractivity contribution in [1.82, 2.24) is 9.55 Å². The van der Waals surface area contributed by atoms with Gasteiger partial charge in [0.15, 0.2) is 0 Å². The first-order valence-corrected chi connectivity index (χ1v) is 8.47. The number of nitrogen functional groups attached to an aromatic ring is 1. The van der Waals surface area contributed by atoms with Crippen LogP contribution in [0, 0.1) is 0 Å². The van der Waals surface area contributed by atoms with Crippen LogP contribution in [0.15, 0.2) is 33.9 Å². The van der Waals surface area contributed by atoms with Crippen LogP contribution < -0.4 is 21.9 Å². The average Bonchev–Trinajstić information content (AvgIpc) is 2.53. The molecule has 2 aromatic rings. The Labute approximate surface area is 145 Å². The van der Waals surface area contributed by atoms with Crippen molar-refractivity contribution >= 4 is 23.1 Å². The third-order valence-electron chi connectivity index (χ3n) is 3.91. The first kappa shape index (κ1) is 18.1. The Morgan fingerprint density at radius 3 is 2.67 bits per heavy atom. The number of rotatable bonds is 7. The van der Waals surface area contributed by atoms with Gasteiger partial charge < -0.3 is 10.6 Å². The second kappa shape index (κ2) is 8.06. The number of nitrogens with one attached hydrogen (secondary N) is 1. The van der Waals surface area contributed by atoms with Gasteiger partial charge in [-0.15, -0.1) is 0 Å². The summed E-state index contributed by atoms with van der Waals surface area (Å²) in [4.78, 5) is 28.6. The Bertz CT molecular complexity index is 813. The van der Waals surface area contributed by atoms with Gasteiger partial charge in [-0.1, -0.05) is 37.1 Å². The van der Waals surface area contributed by atoms with Gasteiger partial charge in [-0.05, 0) is 31.0 Å². The molecular weight excluding hydrogens is 328 g/mol. The number of benzene rings is 1. The van der Waals surface area contributed by atoms with E-state index in [1.165, 1.54) is 4.57 Å². The number of H-pyrrole nitrogens is 1. The first-order valence-electron chi connectivity index (χ1n) is 8.09. The smallest absolute Gasteiger partial charge is 0.330 e. The van der Waals surface area contributed by atoms with Crippen LogP contribution in [-0.2, 0) is 13.1 Å². The molecule has 7 heteroatoms. The Balaban J connectivity index is 2.44. The molecule has 0 fully saturated rings. The highest BCUT2D eigenvalue weighted by Gasteiger charge is 2.18. The molecule has 3 N–H and O–H groups in total. The molecule has 2 rings (SSSR count). The number of unbranched alkanes of at least 4 members (excludes halogenated alkanes) is 1. The molecule has 0 saturated heterocycles. The van der Waals surface area contributed by atoms with E-state index in [4.69, 9.17) is 17.3 Å². The molecule has 0 bridgehead atoms. The van der Waals surface area contributed by atoms with Gasteiger partial charge in [0, 0.05) is 24.7 Å². The van der Waals surface area contributed by atoms with E-state index < -0.39 is 11.2 Å². The van der Waals surface area contributed by atoms with E-state index >= 15 is 0 Å². The minimum Gasteiger partial charge on any atom is -0.383 e. The van der Waals surface area contributed by atoms with Crippen LogP contribution in [-0.4, -0.2) is 16.1 Å². The molecule has 0 unspecified atom stereocenters. The Morgan fingerprint density at radius 1 is 1.29 bits per heavy atom. The average molecular weight is 351 g/mol. The lowest BCUT2D eigenvalue weighted by Crippen LogP contribution is -2.38. The minimum absolute atomic E-state index is 0.209. The summed E-state index contributed by atoms with van der Waals surface area (Å²) in [6, 6.07) is 7.45. The van der Waals surface area contributed by atoms with E-state index in [-0.39, 0.29) is 5.82 Å². The minimum atomic E-state index is -0.464. The molecule has 24 heavy (non-hydrogen) atoms. The second-order valence-corrected chi connectivity index (χ2v) is 6.08. The maximum absolute atomic E-state index is 12.3. The highest BCUT2D eigenvalue weighted by Crippen LogP contribution is 2.20. The van der Waals surface area contributed by atoms with Gasteiger partial charge in [-0.2, -0.15) is 0 Å². The summed E-state index contributed by atoms with van der Waals surface area (Å²) < 4.78 is 1.43. The van der Waals surface area contributed by atoms with Gasteiger partial charge in [0.05, 0.1) is 0 Å². The monoisotopic (exact) mass is 350 g/mol. The van der Waals surface area contributed by atoms with E-state index in [0.717, 1.165) is 18.4 Å². The maximum atomic E-state index is 12.3. The van der Waals surface area contributed by atoms with Crippen LogP contribution >= 0.6 is 11.6 Å². The standard InChI is InChI=1S/C17H23ClN4O2/c1-3-5-9-22-15(19)14(16(23)20-17(22)24)21(4-2)11-12-7-6-8-13(18)10-12/h6-8,10H,3-5,9,11,19H2,1-2H3,(H,20,23,24). The number of hydrogen-bond donors (Lipinski definition) is 2. The molecule has 130 valence electrons. The van der Waals surface area contributed by atoms with Crippen molar-refractivity contribution in [3.63, 3.8) is 0 Å². The quantitative estimate of drug-likeness (QED) is 0.803. The van der Waals surface area contributed by atoms with E-state index in [1.54, 1.807) is 6.07 Å². The zero-order valence-corrected chi connectivity index (χ0v) is 14.8. The summed E-state index contributed by atoms with van der Waals surface area (Å²) >= 11 is 6.03. The van der Waals surface area contributed by atoms with Crippen LogP contribution in [0.2, 0.25) is 5.02 Å². The molecule has 1 aromatic heterocycles. The van der Waals surface area contributed by atoms with Crippen LogP contribution in [0.4, 0.5) is 11.5 Å². The predicted molar refractivity (Wildman–Crippen MR) is 98.8 cm³/mol. The number of nitrogens with zero attached hydrogens (tertiary/aromatic N) is 2. The zero-order chi connectivity index (χ0) is 17.7. The number of halogens is 1. The molecule has 1 heterocycles. The number of hydrogen-bond acceptors (Lipinski definition) is 4. The van der Waals surface area contributed by atoms with Crippen molar-refractivity contribution in [3.05, 3.63) is 55.7 Å². The van der Waals surface area contributed by atoms with Crippen LogP contribution in [0.1, 0.15) is 32.3 Å². The molecule has 0 saturated carbocycles. The summed E-state index contributed by atoms with van der Waals surface area (Å²) in [5, 5.41) is 0.637. The lowest BCUT2D eigenvalue weighted by molar-refractivity contribution is 0.602. The van der Waals surface area contributed by atoms with Crippen LogP contribution in [0.3, 0.4) is 0 Å². The molecule has 1 aromatic carbocycles. The normalized spacial score (nSPS) is 10.8. The Kier molecular flexibility index (Phi) is 6.09. The number of nitrogens with two attached hydrogens (primary N) is 1. The summed E-state index contributed by atoms with van der Waals surface area (Å²) in [7, 11) is 0. The van der Waals surface area contributed by atoms with Crippen molar-refractivity contribution in [2.75, 3.05) is 17.2 Å². The van der Waals surface area contributed by atoms with E-state index in [2.05, 4.69) is 4.98 Å². The fourth-order valence-corrected chi connectivity index (χ4v) is 2.84. The van der Waals surface area contributed by atoms with E-state index in [9.17, 15) is 9.59 Å². The largest absolute Gasteiger partial charge is 0.383 e. The third kappa shape index (κ3) is 4.00. The van der Waals surface area contributed by atoms with Crippen LogP contribution in [0.5, 0.6) is 0 Å². The predicted octanol–water partition coefficient (Wildman–Crippen LogP) is 2.60. The molecule has 0 aliphatic heterocycles. The van der Waals surface area contributed by atoms with Crippen molar-refractivity contribution in [2.45, 2.75) is 39.8 Å². The SMILES string of the molecule is CCCCn1c(N)c(N(CC)Cc2cccc(Cl)c2)c(=O)[nH]c1=O. The van der Waals surface area contributed by atoms with Gasteiger partial charge in [-0.25, -0.2) is 4.79 Å². The summed E-state index contributed by atoms with van der Waals surface area (Å²) in [6.45, 7) is 5.51. The summed E-state index contributed by atoms with van der Waals surface area (Å²) in [5.74, 6) is 0.209. The molecule has 0 spiro atoms. The van der Waals surface area contributed by atoms with Crippen molar-refractivity contribution in [1.29, 1.82) is 0 Å². The van der Waals surface area contributed by atoms with Gasteiger partial charge in [0.2, 0.25) is 0 Å². The number of aromatic nitrogens is 2. The molecule has 0 atom stereocenters. The summed E-state index contributed by atoms with van der Waals surface area (Å²) in [6.07, 6.45) is 1.75. The number of aromatic amines is 1. The van der Waals surface area contributed by atoms with Crippen molar-refractivity contribution < 1.29 is 0 Å². The first-order chi connectivity index (χ1) is 11.5. The fraction of sp³-hybridized carbons (Fsp3) is 0.412. The van der Waals surface area contributed by atoms with Crippen LogP contribution in [0.25, 0.3) is 0 Å². The van der Waals surface area contributed by atoms with E-state index in [1.807, 2.05) is 36.9 Å². The van der Waals surface area contributed by atoms with Crippen molar-refractivity contribution in [2.24, 2.45) is 0 Å². The van der Waals surface area contributed by atoms with Gasteiger partial charge in [0.25, 0.3) is 5.56 Å². The van der Waals surface area contributed by atoms with Gasteiger partial charge >= 0.3 is 5.69 Å². The molecular formula is C17H23ClN4O2. The second-order valence-electron chi connectivity index (χ2n) is 5.64. The maximum Gasteiger partial charge on any atom is 0.330 e. The lowest BCUT2D eigenvalue weighted by Gasteiger charge is -2.25. The van der Waals surface area contributed by atoms with E-state index in [0.29, 0.717) is 30.3 Å². The molecule has 0 radical (unpaired) electrons.